The van der Waals surface area contributed by atoms with Crippen LogP contribution in [0.2, 0.25) is 0 Å². The summed E-state index contributed by atoms with van der Waals surface area (Å²) in [5, 5.41) is 3.47. The third-order valence-electron chi connectivity index (χ3n) is 2.66. The van der Waals surface area contributed by atoms with E-state index in [4.69, 9.17) is 4.74 Å². The second-order valence-electron chi connectivity index (χ2n) is 4.79. The lowest BCUT2D eigenvalue weighted by Crippen LogP contribution is -2.18. The van der Waals surface area contributed by atoms with Crippen LogP contribution in [0, 0.1) is 0 Å². The first-order valence-corrected chi connectivity index (χ1v) is 7.09. The van der Waals surface area contributed by atoms with Crippen LogP contribution in [0.25, 0.3) is 0 Å². The van der Waals surface area contributed by atoms with Gasteiger partial charge in [0.2, 0.25) is 0 Å². The van der Waals surface area contributed by atoms with Gasteiger partial charge in [-0.05, 0) is 39.8 Å². The second kappa shape index (κ2) is 13.0. The fourth-order valence-corrected chi connectivity index (χ4v) is 1.67. The first kappa shape index (κ1) is 15.9. The van der Waals surface area contributed by atoms with Crippen LogP contribution >= 0.6 is 0 Å². The number of unbranched alkanes of at least 4 members (excludes halogenated alkanes) is 5. The number of hydrogen-bond donors (Lipinski definition) is 1. The van der Waals surface area contributed by atoms with Crippen molar-refractivity contribution in [2.45, 2.75) is 71.8 Å². The molecule has 0 aliphatic heterocycles. The minimum absolute atomic E-state index is 0.374. The van der Waals surface area contributed by atoms with E-state index in [1.165, 1.54) is 45.1 Å². The van der Waals surface area contributed by atoms with Gasteiger partial charge in [-0.15, -0.1) is 0 Å². The van der Waals surface area contributed by atoms with Crippen LogP contribution in [0.1, 0.15) is 65.7 Å². The molecule has 0 radical (unpaired) electrons. The van der Waals surface area contributed by atoms with Crippen molar-refractivity contribution in [3.8, 4) is 0 Å². The lowest BCUT2D eigenvalue weighted by atomic mass is 10.1. The Labute approximate surface area is 102 Å². The Kier molecular flexibility index (Phi) is 12.9. The minimum Gasteiger partial charge on any atom is -0.379 e. The lowest BCUT2D eigenvalue weighted by Gasteiger charge is -2.08. The highest BCUT2D eigenvalue weighted by Crippen LogP contribution is 2.03. The zero-order valence-corrected chi connectivity index (χ0v) is 11.6. The smallest absolute Gasteiger partial charge is 0.0518 e. The van der Waals surface area contributed by atoms with E-state index in [1.807, 2.05) is 0 Å². The molecule has 0 aromatic carbocycles. The van der Waals surface area contributed by atoms with Crippen molar-refractivity contribution in [1.29, 1.82) is 0 Å². The predicted molar refractivity (Wildman–Crippen MR) is 72.0 cm³/mol. The third-order valence-corrected chi connectivity index (χ3v) is 2.66. The topological polar surface area (TPSA) is 21.3 Å². The van der Waals surface area contributed by atoms with Gasteiger partial charge in [-0.3, -0.25) is 0 Å². The van der Waals surface area contributed by atoms with E-state index < -0.39 is 0 Å². The average molecular weight is 229 g/mol. The molecule has 0 heterocycles. The predicted octanol–water partition coefficient (Wildman–Crippen LogP) is 3.75. The normalized spacial score (nSPS) is 11.2. The zero-order chi connectivity index (χ0) is 12.1. The fraction of sp³-hybridized carbons (Fsp3) is 1.00. The quantitative estimate of drug-likeness (QED) is 0.515. The summed E-state index contributed by atoms with van der Waals surface area (Å²) in [5.74, 6) is 0. The summed E-state index contributed by atoms with van der Waals surface area (Å²) in [6, 6.07) is 0. The van der Waals surface area contributed by atoms with Gasteiger partial charge in [0.25, 0.3) is 0 Å². The number of rotatable bonds is 12. The van der Waals surface area contributed by atoms with E-state index in [0.717, 1.165) is 19.6 Å². The molecule has 0 aliphatic carbocycles. The van der Waals surface area contributed by atoms with Gasteiger partial charge >= 0.3 is 0 Å². The van der Waals surface area contributed by atoms with Gasteiger partial charge in [0.1, 0.15) is 0 Å². The molecule has 0 bridgehead atoms. The van der Waals surface area contributed by atoms with Gasteiger partial charge in [0, 0.05) is 6.61 Å². The van der Waals surface area contributed by atoms with Crippen LogP contribution in [0.3, 0.4) is 0 Å². The van der Waals surface area contributed by atoms with Crippen molar-refractivity contribution in [2.24, 2.45) is 0 Å². The maximum Gasteiger partial charge on any atom is 0.0518 e. The van der Waals surface area contributed by atoms with Crippen molar-refractivity contribution >= 4 is 0 Å². The van der Waals surface area contributed by atoms with Gasteiger partial charge in [-0.2, -0.15) is 0 Å². The highest BCUT2D eigenvalue weighted by molar-refractivity contribution is 4.50. The molecule has 0 aromatic rings. The van der Waals surface area contributed by atoms with Crippen LogP contribution in [-0.2, 0) is 4.74 Å². The van der Waals surface area contributed by atoms with E-state index in [9.17, 15) is 0 Å². The maximum absolute atomic E-state index is 5.47. The molecule has 0 spiro atoms. The molecule has 0 rings (SSSR count). The summed E-state index contributed by atoms with van der Waals surface area (Å²) in [4.78, 5) is 0. The molecular weight excluding hydrogens is 198 g/mol. The monoisotopic (exact) mass is 229 g/mol. The SMILES string of the molecule is CCCCCCCCNCCCOC(C)C. The van der Waals surface area contributed by atoms with Crippen LogP contribution in [-0.4, -0.2) is 25.8 Å². The molecule has 0 aliphatic rings. The number of ether oxygens (including phenoxy) is 1. The second-order valence-corrected chi connectivity index (χ2v) is 4.79. The van der Waals surface area contributed by atoms with Crippen molar-refractivity contribution < 1.29 is 4.74 Å². The van der Waals surface area contributed by atoms with Crippen LogP contribution in [0.15, 0.2) is 0 Å². The lowest BCUT2D eigenvalue weighted by molar-refractivity contribution is 0.0771. The summed E-state index contributed by atoms with van der Waals surface area (Å²) in [6.07, 6.45) is 9.79. The summed E-state index contributed by atoms with van der Waals surface area (Å²) in [5.41, 5.74) is 0. The summed E-state index contributed by atoms with van der Waals surface area (Å²) in [6.45, 7) is 9.60. The summed E-state index contributed by atoms with van der Waals surface area (Å²) >= 11 is 0. The van der Waals surface area contributed by atoms with E-state index in [-0.39, 0.29) is 0 Å². The fourth-order valence-electron chi connectivity index (χ4n) is 1.67. The van der Waals surface area contributed by atoms with Crippen LogP contribution in [0.4, 0.5) is 0 Å². The van der Waals surface area contributed by atoms with E-state index >= 15 is 0 Å². The van der Waals surface area contributed by atoms with Gasteiger partial charge in [-0.25, -0.2) is 0 Å². The molecular formula is C14H31NO. The Bertz CT molecular complexity index is 126. The standard InChI is InChI=1S/C14H31NO/c1-4-5-6-7-8-9-11-15-12-10-13-16-14(2)3/h14-15H,4-13H2,1-3H3. The summed E-state index contributed by atoms with van der Waals surface area (Å²) < 4.78 is 5.47. The molecule has 0 aromatic heterocycles. The number of hydrogen-bond acceptors (Lipinski definition) is 2. The first-order chi connectivity index (χ1) is 7.77. The van der Waals surface area contributed by atoms with Crippen molar-refractivity contribution in [3.63, 3.8) is 0 Å². The highest BCUT2D eigenvalue weighted by Gasteiger charge is 1.93. The molecule has 0 saturated carbocycles. The van der Waals surface area contributed by atoms with Crippen molar-refractivity contribution in [3.05, 3.63) is 0 Å². The molecule has 2 nitrogen and oxygen atoms in total. The molecule has 0 saturated heterocycles. The third kappa shape index (κ3) is 13.9. The Morgan fingerprint density at radius 3 is 2.19 bits per heavy atom. The van der Waals surface area contributed by atoms with Gasteiger partial charge in [0.15, 0.2) is 0 Å². The first-order valence-electron chi connectivity index (χ1n) is 7.09. The van der Waals surface area contributed by atoms with Crippen molar-refractivity contribution in [2.75, 3.05) is 19.7 Å². The van der Waals surface area contributed by atoms with Crippen molar-refractivity contribution in [1.82, 2.24) is 5.32 Å². The van der Waals surface area contributed by atoms with Gasteiger partial charge < -0.3 is 10.1 Å². The largest absolute Gasteiger partial charge is 0.379 e. The molecule has 2 heteroatoms. The highest BCUT2D eigenvalue weighted by atomic mass is 16.5. The Hall–Kier alpha value is -0.0800. The average Bonchev–Trinajstić information content (AvgIpc) is 2.25. The minimum atomic E-state index is 0.374. The Morgan fingerprint density at radius 2 is 1.50 bits per heavy atom. The van der Waals surface area contributed by atoms with Gasteiger partial charge in [0.05, 0.1) is 6.10 Å². The molecule has 1 N–H and O–H groups in total. The van der Waals surface area contributed by atoms with E-state index in [2.05, 4.69) is 26.1 Å². The van der Waals surface area contributed by atoms with E-state index in [1.54, 1.807) is 0 Å². The van der Waals surface area contributed by atoms with Crippen LogP contribution < -0.4 is 5.32 Å². The molecule has 98 valence electrons. The number of nitrogens with one attached hydrogen (secondary N) is 1. The Morgan fingerprint density at radius 1 is 0.875 bits per heavy atom. The molecule has 0 amide bonds. The molecule has 16 heavy (non-hydrogen) atoms. The Balaban J connectivity index is 2.88. The van der Waals surface area contributed by atoms with E-state index in [0.29, 0.717) is 6.10 Å². The molecule has 0 unspecified atom stereocenters. The van der Waals surface area contributed by atoms with Gasteiger partial charge in [-0.1, -0.05) is 39.0 Å². The molecule has 0 atom stereocenters. The maximum atomic E-state index is 5.47. The molecule has 0 fully saturated rings. The van der Waals surface area contributed by atoms with Crippen LogP contribution in [0.5, 0.6) is 0 Å². The zero-order valence-electron chi connectivity index (χ0n) is 11.6. The summed E-state index contributed by atoms with van der Waals surface area (Å²) in [7, 11) is 0.